The average Bonchev–Trinajstić information content (AvgIpc) is 3.00. The third-order valence-corrected chi connectivity index (χ3v) is 8.58. The maximum atomic E-state index is 13.8. The van der Waals surface area contributed by atoms with E-state index in [9.17, 15) is 15.0 Å². The molecule has 0 bridgehead atoms. The molecule has 1 amide bonds. The number of alkyl halides is 1. The Morgan fingerprint density at radius 3 is 2.60 bits per heavy atom. The van der Waals surface area contributed by atoms with Crippen molar-refractivity contribution in [3.05, 3.63) is 99.7 Å². The average molecular weight is 627 g/mol. The van der Waals surface area contributed by atoms with Crippen molar-refractivity contribution in [3.63, 3.8) is 0 Å². The van der Waals surface area contributed by atoms with Gasteiger partial charge in [-0.25, -0.2) is 4.98 Å². The minimum Gasteiger partial charge on any atom is -0.481 e. The molecule has 2 aliphatic rings. The van der Waals surface area contributed by atoms with Gasteiger partial charge in [0.25, 0.3) is 5.91 Å². The predicted molar refractivity (Wildman–Crippen MR) is 163 cm³/mol. The Labute approximate surface area is 260 Å². The molecular weight excluding hydrogens is 593 g/mol. The zero-order chi connectivity index (χ0) is 30.6. The van der Waals surface area contributed by atoms with Crippen LogP contribution in [-0.2, 0) is 30.0 Å². The second kappa shape index (κ2) is 13.5. The molecule has 43 heavy (non-hydrogen) atoms. The van der Waals surface area contributed by atoms with E-state index in [0.717, 1.165) is 18.7 Å². The Morgan fingerprint density at radius 1 is 1.14 bits per heavy atom. The van der Waals surface area contributed by atoms with Gasteiger partial charge in [0, 0.05) is 67.8 Å². The standard InChI is InChI=1S/C31H33Cl2N5O5/c1-42-18-20-10-26(34-12-22(20)17-40)28(41)37-31(9-5-7-24(27(31)33)23-6-3-4-8-25(23)32)30-35-11-21(29(36-30)43-2)15-38-13-19(14-38)16-39/h3-12,19,27,39-40H,13-18H2,1-2H3,(H,37,41). The first-order valence-corrected chi connectivity index (χ1v) is 14.6. The monoisotopic (exact) mass is 625 g/mol. The van der Waals surface area contributed by atoms with Gasteiger partial charge < -0.3 is 25.0 Å². The van der Waals surface area contributed by atoms with Crippen LogP contribution in [-0.4, -0.2) is 75.3 Å². The van der Waals surface area contributed by atoms with Crippen molar-refractivity contribution in [2.45, 2.75) is 30.7 Å². The smallest absolute Gasteiger partial charge is 0.270 e. The van der Waals surface area contributed by atoms with Crippen LogP contribution in [0, 0.1) is 5.92 Å². The van der Waals surface area contributed by atoms with Gasteiger partial charge in [0.1, 0.15) is 11.2 Å². The molecule has 226 valence electrons. The second-order valence-electron chi connectivity index (χ2n) is 10.5. The van der Waals surface area contributed by atoms with Crippen LogP contribution in [0.4, 0.5) is 0 Å². The van der Waals surface area contributed by atoms with Crippen LogP contribution in [0.15, 0.2) is 61.0 Å². The summed E-state index contributed by atoms with van der Waals surface area (Å²) in [7, 11) is 3.06. The highest BCUT2D eigenvalue weighted by molar-refractivity contribution is 6.34. The van der Waals surface area contributed by atoms with Gasteiger partial charge in [-0.15, -0.1) is 11.6 Å². The van der Waals surface area contributed by atoms with Gasteiger partial charge in [-0.1, -0.05) is 42.0 Å². The van der Waals surface area contributed by atoms with Crippen LogP contribution in [0.1, 0.15) is 38.6 Å². The lowest BCUT2D eigenvalue weighted by Crippen LogP contribution is -2.53. The number of likely N-dealkylation sites (tertiary alicyclic amines) is 1. The number of hydrogen-bond donors (Lipinski definition) is 3. The number of carbonyl (C=O) groups is 1. The number of halogens is 2. The van der Waals surface area contributed by atoms with E-state index in [2.05, 4.69) is 15.2 Å². The van der Waals surface area contributed by atoms with E-state index in [1.807, 2.05) is 24.3 Å². The number of aromatic nitrogens is 3. The van der Waals surface area contributed by atoms with Crippen LogP contribution in [0.25, 0.3) is 5.57 Å². The lowest BCUT2D eigenvalue weighted by molar-refractivity contribution is 0.0471. The number of aliphatic hydroxyl groups is 2. The van der Waals surface area contributed by atoms with Gasteiger partial charge in [-0.2, -0.15) is 4.98 Å². The van der Waals surface area contributed by atoms with Crippen molar-refractivity contribution >= 4 is 34.7 Å². The van der Waals surface area contributed by atoms with E-state index < -0.39 is 16.8 Å². The fourth-order valence-corrected chi connectivity index (χ4v) is 6.02. The van der Waals surface area contributed by atoms with Gasteiger partial charge in [0.2, 0.25) is 5.88 Å². The molecular formula is C31H33Cl2N5O5. The topological polar surface area (TPSA) is 130 Å². The van der Waals surface area contributed by atoms with E-state index in [0.29, 0.717) is 39.7 Å². The molecule has 0 saturated carbocycles. The fourth-order valence-electron chi connectivity index (χ4n) is 5.36. The van der Waals surface area contributed by atoms with Crippen molar-refractivity contribution in [2.75, 3.05) is 33.9 Å². The fraction of sp³-hybridized carbons (Fsp3) is 0.355. The summed E-state index contributed by atoms with van der Waals surface area (Å²) in [5.41, 5.74) is 2.01. The summed E-state index contributed by atoms with van der Waals surface area (Å²) >= 11 is 13.8. The van der Waals surface area contributed by atoms with E-state index >= 15 is 0 Å². The molecule has 1 aliphatic heterocycles. The van der Waals surface area contributed by atoms with Crippen molar-refractivity contribution in [3.8, 4) is 5.88 Å². The minimum atomic E-state index is -1.43. The molecule has 1 saturated heterocycles. The van der Waals surface area contributed by atoms with Crippen molar-refractivity contribution in [1.82, 2.24) is 25.2 Å². The number of pyridine rings is 1. The molecule has 1 fully saturated rings. The lowest BCUT2D eigenvalue weighted by Gasteiger charge is -2.39. The van der Waals surface area contributed by atoms with E-state index in [-0.39, 0.29) is 37.3 Å². The third kappa shape index (κ3) is 6.31. The third-order valence-electron chi connectivity index (χ3n) is 7.67. The molecule has 3 aromatic rings. The molecule has 1 aromatic carbocycles. The van der Waals surface area contributed by atoms with E-state index in [4.69, 9.17) is 42.6 Å². The number of hydrogen-bond acceptors (Lipinski definition) is 9. The van der Waals surface area contributed by atoms with Gasteiger partial charge in [0.05, 0.1) is 25.7 Å². The Morgan fingerprint density at radius 2 is 1.91 bits per heavy atom. The number of methoxy groups -OCH3 is 2. The molecule has 0 spiro atoms. The number of nitrogens with one attached hydrogen (secondary N) is 1. The first kappa shape index (κ1) is 31.1. The van der Waals surface area contributed by atoms with Gasteiger partial charge in [-0.05, 0) is 34.9 Å². The zero-order valence-corrected chi connectivity index (χ0v) is 25.3. The number of nitrogens with zero attached hydrogens (tertiary/aromatic N) is 4. The summed E-state index contributed by atoms with van der Waals surface area (Å²) < 4.78 is 10.9. The lowest BCUT2D eigenvalue weighted by atomic mass is 9.82. The quantitative estimate of drug-likeness (QED) is 0.274. The van der Waals surface area contributed by atoms with Crippen LogP contribution < -0.4 is 10.1 Å². The Bertz CT molecular complexity index is 1540. The Kier molecular flexibility index (Phi) is 9.75. The molecule has 1 aliphatic carbocycles. The van der Waals surface area contributed by atoms with Crippen molar-refractivity contribution < 1.29 is 24.5 Å². The normalized spacial score (nSPS) is 20.4. The second-order valence-corrected chi connectivity index (χ2v) is 11.4. The number of benzene rings is 1. The maximum Gasteiger partial charge on any atom is 0.270 e. The molecule has 2 unspecified atom stereocenters. The van der Waals surface area contributed by atoms with Gasteiger partial charge in [-0.3, -0.25) is 14.7 Å². The molecule has 5 rings (SSSR count). The van der Waals surface area contributed by atoms with Crippen molar-refractivity contribution in [1.29, 1.82) is 0 Å². The molecule has 3 N–H and O–H groups in total. The van der Waals surface area contributed by atoms with E-state index in [1.54, 1.807) is 30.5 Å². The number of carbonyl (C=O) groups excluding carboxylic acids is 1. The largest absolute Gasteiger partial charge is 0.481 e. The van der Waals surface area contributed by atoms with E-state index in [1.165, 1.54) is 20.4 Å². The predicted octanol–water partition coefficient (Wildman–Crippen LogP) is 3.48. The maximum absolute atomic E-state index is 13.8. The number of aliphatic hydroxyl groups excluding tert-OH is 2. The summed E-state index contributed by atoms with van der Waals surface area (Å²) in [6.07, 6.45) is 8.51. The number of amides is 1. The van der Waals surface area contributed by atoms with Crippen LogP contribution >= 0.6 is 23.2 Å². The summed E-state index contributed by atoms with van der Waals surface area (Å²) in [5, 5.41) is 21.8. The summed E-state index contributed by atoms with van der Waals surface area (Å²) in [6, 6.07) is 8.90. The number of ether oxygens (including phenoxy) is 2. The highest BCUT2D eigenvalue weighted by atomic mass is 35.5. The highest BCUT2D eigenvalue weighted by Gasteiger charge is 2.46. The summed E-state index contributed by atoms with van der Waals surface area (Å²) in [4.78, 5) is 29.8. The molecule has 2 aromatic heterocycles. The molecule has 3 heterocycles. The summed E-state index contributed by atoms with van der Waals surface area (Å²) in [6.45, 7) is 2.20. The first-order valence-electron chi connectivity index (χ1n) is 13.8. The molecule has 0 radical (unpaired) electrons. The Balaban J connectivity index is 1.55. The first-order chi connectivity index (χ1) is 20.8. The van der Waals surface area contributed by atoms with Crippen LogP contribution in [0.2, 0.25) is 5.02 Å². The zero-order valence-electron chi connectivity index (χ0n) is 23.8. The van der Waals surface area contributed by atoms with Gasteiger partial charge in [0.15, 0.2) is 5.82 Å². The molecule has 10 nitrogen and oxygen atoms in total. The van der Waals surface area contributed by atoms with Gasteiger partial charge >= 0.3 is 0 Å². The van der Waals surface area contributed by atoms with Crippen molar-refractivity contribution in [2.24, 2.45) is 5.92 Å². The summed E-state index contributed by atoms with van der Waals surface area (Å²) in [5.74, 6) is 0.301. The minimum absolute atomic E-state index is 0.106. The van der Waals surface area contributed by atoms with Crippen LogP contribution in [0.5, 0.6) is 5.88 Å². The number of rotatable bonds is 11. The number of allylic oxidation sites excluding steroid dienone is 2. The molecule has 2 atom stereocenters. The SMILES string of the molecule is COCc1cc(C(=O)NC2(c3ncc(CN4CC(CO)C4)c(OC)n3)C=CC=C(c3ccccc3Cl)C2Cl)ncc1CO. The van der Waals surface area contributed by atoms with Crippen LogP contribution in [0.3, 0.4) is 0 Å². The highest BCUT2D eigenvalue weighted by Crippen LogP contribution is 2.42. The Hall–Kier alpha value is -3.38. The molecule has 12 heteroatoms.